The van der Waals surface area contributed by atoms with E-state index in [1.807, 2.05) is 43.3 Å². The van der Waals surface area contributed by atoms with Crippen molar-refractivity contribution in [3.8, 4) is 5.75 Å². The Bertz CT molecular complexity index is 958. The van der Waals surface area contributed by atoms with Crippen molar-refractivity contribution in [2.45, 2.75) is 13.5 Å². The molecule has 0 radical (unpaired) electrons. The third-order valence-corrected chi connectivity index (χ3v) is 4.80. The first-order chi connectivity index (χ1) is 12.5. The molecule has 26 heavy (non-hydrogen) atoms. The summed E-state index contributed by atoms with van der Waals surface area (Å²) >= 11 is 9.60. The second-order valence-electron chi connectivity index (χ2n) is 5.70. The van der Waals surface area contributed by atoms with Gasteiger partial charge in [0, 0.05) is 26.8 Å². The van der Waals surface area contributed by atoms with Gasteiger partial charge >= 0.3 is 0 Å². The van der Waals surface area contributed by atoms with Crippen molar-refractivity contribution in [1.29, 1.82) is 0 Å². The molecule has 3 rings (SSSR count). The van der Waals surface area contributed by atoms with Crippen LogP contribution in [0.4, 0.5) is 10.1 Å². The van der Waals surface area contributed by atoms with Crippen molar-refractivity contribution in [3.63, 3.8) is 0 Å². The quantitative estimate of drug-likeness (QED) is 0.403. The summed E-state index contributed by atoms with van der Waals surface area (Å²) in [5.74, 6) is 0.342. The standard InChI is InChI=1S/C21H16BrClFNO/c1-14-18(23)6-4-8-20(14)25-12-16-11-17(22)9-10-21(16)26-13-15-5-2-3-7-19(15)24/h2-12H,13H2,1H3. The average molecular weight is 433 g/mol. The van der Waals surface area contributed by atoms with Crippen LogP contribution in [0.25, 0.3) is 0 Å². The molecule has 0 bridgehead atoms. The van der Waals surface area contributed by atoms with Gasteiger partial charge < -0.3 is 4.74 Å². The molecule has 0 aliphatic carbocycles. The fourth-order valence-corrected chi connectivity index (χ4v) is 2.95. The molecule has 0 fully saturated rings. The minimum atomic E-state index is -0.283. The Labute approximate surface area is 165 Å². The largest absolute Gasteiger partial charge is 0.488 e. The second kappa shape index (κ2) is 8.47. The fourth-order valence-electron chi connectivity index (χ4n) is 2.40. The van der Waals surface area contributed by atoms with Gasteiger partial charge in [-0.25, -0.2) is 4.39 Å². The molecule has 3 aromatic rings. The van der Waals surface area contributed by atoms with Crippen molar-refractivity contribution >= 4 is 39.4 Å². The second-order valence-corrected chi connectivity index (χ2v) is 7.03. The number of hydrogen-bond donors (Lipinski definition) is 0. The maximum absolute atomic E-state index is 13.8. The van der Waals surface area contributed by atoms with Crippen LogP contribution in [0.2, 0.25) is 5.02 Å². The highest BCUT2D eigenvalue weighted by molar-refractivity contribution is 9.10. The van der Waals surface area contributed by atoms with Gasteiger partial charge in [0.2, 0.25) is 0 Å². The smallest absolute Gasteiger partial charge is 0.129 e. The van der Waals surface area contributed by atoms with Crippen molar-refractivity contribution < 1.29 is 9.13 Å². The highest BCUT2D eigenvalue weighted by atomic mass is 79.9. The lowest BCUT2D eigenvalue weighted by molar-refractivity contribution is 0.299. The van der Waals surface area contributed by atoms with E-state index in [9.17, 15) is 4.39 Å². The molecule has 132 valence electrons. The van der Waals surface area contributed by atoms with E-state index in [1.165, 1.54) is 6.07 Å². The summed E-state index contributed by atoms with van der Waals surface area (Å²) in [6, 6.07) is 17.8. The molecule has 0 atom stereocenters. The molecule has 0 spiro atoms. The first kappa shape index (κ1) is 18.6. The van der Waals surface area contributed by atoms with Gasteiger partial charge in [0.25, 0.3) is 0 Å². The number of hydrogen-bond acceptors (Lipinski definition) is 2. The van der Waals surface area contributed by atoms with Crippen molar-refractivity contribution in [2.24, 2.45) is 4.99 Å². The lowest BCUT2D eigenvalue weighted by atomic mass is 10.2. The van der Waals surface area contributed by atoms with E-state index in [4.69, 9.17) is 16.3 Å². The normalized spacial score (nSPS) is 11.1. The van der Waals surface area contributed by atoms with Crippen LogP contribution in [0.1, 0.15) is 16.7 Å². The van der Waals surface area contributed by atoms with Crippen molar-refractivity contribution in [1.82, 2.24) is 0 Å². The molecular formula is C21H16BrClFNO. The van der Waals surface area contributed by atoms with E-state index < -0.39 is 0 Å². The van der Waals surface area contributed by atoms with E-state index in [0.29, 0.717) is 16.3 Å². The average Bonchev–Trinajstić information content (AvgIpc) is 2.63. The van der Waals surface area contributed by atoms with Gasteiger partial charge in [-0.1, -0.05) is 51.8 Å². The predicted molar refractivity (Wildman–Crippen MR) is 108 cm³/mol. The molecule has 0 saturated heterocycles. The van der Waals surface area contributed by atoms with Gasteiger partial charge in [0.15, 0.2) is 0 Å². The fraction of sp³-hybridized carbons (Fsp3) is 0.0952. The molecule has 0 saturated carbocycles. The summed E-state index contributed by atoms with van der Waals surface area (Å²) < 4.78 is 20.5. The van der Waals surface area contributed by atoms with Gasteiger partial charge in [-0.15, -0.1) is 0 Å². The Morgan fingerprint density at radius 2 is 1.92 bits per heavy atom. The van der Waals surface area contributed by atoms with Crippen LogP contribution < -0.4 is 4.74 Å². The first-order valence-corrected chi connectivity index (χ1v) is 9.16. The Kier molecular flexibility index (Phi) is 6.07. The highest BCUT2D eigenvalue weighted by Gasteiger charge is 2.07. The number of nitrogens with zero attached hydrogens (tertiary/aromatic N) is 1. The Morgan fingerprint density at radius 3 is 2.73 bits per heavy atom. The van der Waals surface area contributed by atoms with Gasteiger partial charge in [-0.3, -0.25) is 4.99 Å². The molecule has 5 heteroatoms. The summed E-state index contributed by atoms with van der Waals surface area (Å²) in [4.78, 5) is 4.53. The molecule has 0 heterocycles. The van der Waals surface area contributed by atoms with E-state index in [0.717, 1.165) is 21.3 Å². The van der Waals surface area contributed by atoms with Crippen LogP contribution in [0.3, 0.4) is 0 Å². The molecule has 2 nitrogen and oxygen atoms in total. The van der Waals surface area contributed by atoms with Gasteiger partial charge in [0.1, 0.15) is 18.2 Å². The molecule has 0 aliphatic rings. The maximum atomic E-state index is 13.8. The zero-order valence-corrected chi connectivity index (χ0v) is 16.4. The maximum Gasteiger partial charge on any atom is 0.129 e. The number of aliphatic imine (C=N–C) groups is 1. The van der Waals surface area contributed by atoms with Gasteiger partial charge in [-0.05, 0) is 48.9 Å². The summed E-state index contributed by atoms with van der Waals surface area (Å²) in [5, 5.41) is 0.671. The van der Waals surface area contributed by atoms with Crippen LogP contribution >= 0.6 is 27.5 Å². The Balaban J connectivity index is 1.85. The summed E-state index contributed by atoms with van der Waals surface area (Å²) in [7, 11) is 0. The number of ether oxygens (including phenoxy) is 1. The Morgan fingerprint density at radius 1 is 1.12 bits per heavy atom. The predicted octanol–water partition coefficient (Wildman–Crippen LogP) is 6.88. The number of halogens is 3. The zero-order valence-electron chi connectivity index (χ0n) is 14.0. The number of benzene rings is 3. The highest BCUT2D eigenvalue weighted by Crippen LogP contribution is 2.27. The van der Waals surface area contributed by atoms with Crippen LogP contribution in [0, 0.1) is 12.7 Å². The van der Waals surface area contributed by atoms with Crippen LogP contribution in [-0.2, 0) is 6.61 Å². The molecule has 0 amide bonds. The molecule has 0 N–H and O–H groups in total. The zero-order chi connectivity index (χ0) is 18.5. The van der Waals surface area contributed by atoms with Crippen LogP contribution in [0.15, 0.2) is 70.1 Å². The van der Waals surface area contributed by atoms with Gasteiger partial charge in [-0.2, -0.15) is 0 Å². The molecule has 3 aromatic carbocycles. The summed E-state index contributed by atoms with van der Waals surface area (Å²) in [6.45, 7) is 2.07. The lowest BCUT2D eigenvalue weighted by Gasteiger charge is -2.10. The van der Waals surface area contributed by atoms with Gasteiger partial charge in [0.05, 0.1) is 5.69 Å². The van der Waals surface area contributed by atoms with Crippen LogP contribution in [-0.4, -0.2) is 6.21 Å². The topological polar surface area (TPSA) is 21.6 Å². The minimum Gasteiger partial charge on any atom is -0.488 e. The monoisotopic (exact) mass is 431 g/mol. The lowest BCUT2D eigenvalue weighted by Crippen LogP contribution is -2.00. The third-order valence-electron chi connectivity index (χ3n) is 3.89. The van der Waals surface area contributed by atoms with Crippen molar-refractivity contribution in [3.05, 3.63) is 92.7 Å². The molecule has 0 unspecified atom stereocenters. The van der Waals surface area contributed by atoms with E-state index in [2.05, 4.69) is 20.9 Å². The molecule has 0 aromatic heterocycles. The van der Waals surface area contributed by atoms with E-state index in [-0.39, 0.29) is 12.4 Å². The molecular weight excluding hydrogens is 417 g/mol. The molecule has 0 aliphatic heterocycles. The summed E-state index contributed by atoms with van der Waals surface area (Å²) in [5.41, 5.74) is 2.99. The van der Waals surface area contributed by atoms with Crippen LogP contribution in [0.5, 0.6) is 5.75 Å². The summed E-state index contributed by atoms with van der Waals surface area (Å²) in [6.07, 6.45) is 1.72. The SMILES string of the molecule is Cc1c(Cl)cccc1N=Cc1cc(Br)ccc1OCc1ccccc1F. The Hall–Kier alpha value is -2.17. The van der Waals surface area contributed by atoms with E-state index >= 15 is 0 Å². The number of rotatable bonds is 5. The minimum absolute atomic E-state index is 0.144. The first-order valence-electron chi connectivity index (χ1n) is 7.99. The third kappa shape index (κ3) is 4.51. The van der Waals surface area contributed by atoms with E-state index in [1.54, 1.807) is 24.4 Å². The van der Waals surface area contributed by atoms with Crippen molar-refractivity contribution in [2.75, 3.05) is 0 Å².